The lowest BCUT2D eigenvalue weighted by atomic mass is 9.95. The van der Waals surface area contributed by atoms with Crippen LogP contribution in [0.3, 0.4) is 0 Å². The van der Waals surface area contributed by atoms with E-state index in [1.807, 2.05) is 62.8 Å². The van der Waals surface area contributed by atoms with E-state index in [-0.39, 0.29) is 5.56 Å². The number of rotatable bonds is 5. The van der Waals surface area contributed by atoms with Gasteiger partial charge in [-0.05, 0) is 104 Å². The highest BCUT2D eigenvalue weighted by molar-refractivity contribution is 5.75. The smallest absolute Gasteiger partial charge is 0.296 e. The summed E-state index contributed by atoms with van der Waals surface area (Å²) in [5.41, 5.74) is 23.1. The number of aryl methyl sites for hydroxylation is 4. The molecule has 0 spiro atoms. The topological polar surface area (TPSA) is 77.0 Å². The number of aromatic nitrogens is 2. The van der Waals surface area contributed by atoms with E-state index in [9.17, 15) is 4.79 Å². The number of hydrogen-bond donors (Lipinski definition) is 3. The first-order chi connectivity index (χ1) is 15.7. The van der Waals surface area contributed by atoms with E-state index in [0.717, 1.165) is 56.1 Å². The van der Waals surface area contributed by atoms with Crippen molar-refractivity contribution in [3.8, 4) is 16.8 Å². The van der Waals surface area contributed by atoms with Crippen molar-refractivity contribution in [1.82, 2.24) is 9.36 Å². The highest BCUT2D eigenvalue weighted by atomic mass is 16.1. The van der Waals surface area contributed by atoms with Gasteiger partial charge in [-0.3, -0.25) is 14.9 Å². The highest BCUT2D eigenvalue weighted by Gasteiger charge is 2.16. The fraction of sp³-hybridized carbons (Fsp3) is 0.222. The molecule has 0 fully saturated rings. The van der Waals surface area contributed by atoms with Gasteiger partial charge in [0.05, 0.1) is 17.1 Å². The Labute approximate surface area is 194 Å². The average Bonchev–Trinajstić information content (AvgIpc) is 2.99. The van der Waals surface area contributed by atoms with Gasteiger partial charge < -0.3 is 11.2 Å². The summed E-state index contributed by atoms with van der Waals surface area (Å²) in [6, 6.07) is 18.2. The van der Waals surface area contributed by atoms with E-state index in [4.69, 9.17) is 5.73 Å². The third-order valence-corrected chi connectivity index (χ3v) is 6.33. The lowest BCUT2D eigenvalue weighted by Crippen LogP contribution is -2.22. The van der Waals surface area contributed by atoms with Crippen LogP contribution in [0.15, 0.2) is 59.4 Å². The molecule has 4 aromatic rings. The number of nitrogens with one attached hydrogen (secondary N) is 2. The zero-order valence-corrected chi connectivity index (χ0v) is 20.1. The molecule has 3 aromatic carbocycles. The molecule has 0 bridgehead atoms. The van der Waals surface area contributed by atoms with Gasteiger partial charge in [0, 0.05) is 12.7 Å². The SMILES string of the molecule is Cc1cc(-c2cc(C)c(NNc3c(C)n(C)n(-c4ccccc4)c3=O)c(C)c2)cc(C)c1N. The summed E-state index contributed by atoms with van der Waals surface area (Å²) in [5.74, 6) is 0. The van der Waals surface area contributed by atoms with E-state index in [0.29, 0.717) is 5.69 Å². The molecule has 0 aliphatic heterocycles. The molecule has 170 valence electrons. The molecule has 0 aliphatic rings. The van der Waals surface area contributed by atoms with Gasteiger partial charge in [-0.1, -0.05) is 18.2 Å². The summed E-state index contributed by atoms with van der Waals surface area (Å²) >= 11 is 0. The number of hydrazine groups is 1. The normalized spacial score (nSPS) is 11.0. The molecule has 0 saturated heterocycles. The van der Waals surface area contributed by atoms with Crippen molar-refractivity contribution >= 4 is 17.1 Å². The van der Waals surface area contributed by atoms with Crippen molar-refractivity contribution in [3.05, 3.63) is 92.9 Å². The second-order valence-electron chi connectivity index (χ2n) is 8.70. The molecule has 4 N–H and O–H groups in total. The third kappa shape index (κ3) is 4.00. The Morgan fingerprint density at radius 1 is 0.727 bits per heavy atom. The van der Waals surface area contributed by atoms with Crippen LogP contribution in [-0.4, -0.2) is 9.36 Å². The molecular formula is C27H31N5O. The summed E-state index contributed by atoms with van der Waals surface area (Å²) < 4.78 is 3.52. The molecule has 0 unspecified atom stereocenters. The molecule has 4 rings (SSSR count). The van der Waals surface area contributed by atoms with Crippen LogP contribution in [0.1, 0.15) is 27.9 Å². The maximum atomic E-state index is 13.2. The fourth-order valence-corrected chi connectivity index (χ4v) is 4.31. The number of nitrogens with zero attached hydrogens (tertiary/aromatic N) is 2. The quantitative estimate of drug-likeness (QED) is 0.286. The fourth-order valence-electron chi connectivity index (χ4n) is 4.31. The molecule has 0 radical (unpaired) electrons. The van der Waals surface area contributed by atoms with Crippen molar-refractivity contribution < 1.29 is 0 Å². The Balaban J connectivity index is 1.65. The number of para-hydroxylation sites is 1. The molecule has 0 aliphatic carbocycles. The van der Waals surface area contributed by atoms with Crippen LogP contribution in [0, 0.1) is 34.6 Å². The molecule has 0 atom stereocenters. The number of nitrogen functional groups attached to an aromatic ring is 1. The zero-order valence-electron chi connectivity index (χ0n) is 20.1. The van der Waals surface area contributed by atoms with E-state index in [2.05, 4.69) is 49.0 Å². The van der Waals surface area contributed by atoms with Crippen LogP contribution in [0.25, 0.3) is 16.8 Å². The van der Waals surface area contributed by atoms with Crippen molar-refractivity contribution in [2.75, 3.05) is 16.6 Å². The number of anilines is 3. The summed E-state index contributed by atoms with van der Waals surface area (Å²) in [7, 11) is 1.89. The first kappa shape index (κ1) is 22.3. The minimum atomic E-state index is -0.103. The third-order valence-electron chi connectivity index (χ3n) is 6.33. The van der Waals surface area contributed by atoms with Gasteiger partial charge in [-0.25, -0.2) is 4.68 Å². The van der Waals surface area contributed by atoms with Crippen LogP contribution in [-0.2, 0) is 7.05 Å². The molecule has 0 saturated carbocycles. The first-order valence-electron chi connectivity index (χ1n) is 11.0. The Morgan fingerprint density at radius 3 is 1.76 bits per heavy atom. The molecule has 6 heteroatoms. The largest absolute Gasteiger partial charge is 0.398 e. The van der Waals surface area contributed by atoms with Gasteiger partial charge in [0.15, 0.2) is 0 Å². The van der Waals surface area contributed by atoms with Crippen LogP contribution < -0.4 is 22.1 Å². The molecule has 0 amide bonds. The number of hydrogen-bond acceptors (Lipinski definition) is 4. The molecular weight excluding hydrogens is 410 g/mol. The second-order valence-corrected chi connectivity index (χ2v) is 8.70. The summed E-state index contributed by atoms with van der Waals surface area (Å²) in [6.45, 7) is 10.1. The number of benzene rings is 3. The Bertz CT molecular complexity index is 1350. The van der Waals surface area contributed by atoms with Crippen LogP contribution in [0.5, 0.6) is 0 Å². The Hall–Kier alpha value is -3.93. The van der Waals surface area contributed by atoms with Gasteiger partial charge in [0.1, 0.15) is 5.69 Å². The van der Waals surface area contributed by atoms with Crippen LogP contribution in [0.4, 0.5) is 17.1 Å². The van der Waals surface area contributed by atoms with Crippen molar-refractivity contribution in [1.29, 1.82) is 0 Å². The van der Waals surface area contributed by atoms with Crippen LogP contribution in [0.2, 0.25) is 0 Å². The number of nitrogens with two attached hydrogens (primary N) is 1. The zero-order chi connectivity index (χ0) is 23.9. The highest BCUT2D eigenvalue weighted by Crippen LogP contribution is 2.31. The molecule has 33 heavy (non-hydrogen) atoms. The van der Waals surface area contributed by atoms with Gasteiger partial charge in [0.2, 0.25) is 0 Å². The summed E-state index contributed by atoms with van der Waals surface area (Å²) in [5, 5.41) is 0. The minimum Gasteiger partial charge on any atom is -0.398 e. The van der Waals surface area contributed by atoms with Crippen LogP contribution >= 0.6 is 0 Å². The lowest BCUT2D eigenvalue weighted by Gasteiger charge is -2.17. The predicted octanol–water partition coefficient (Wildman–Crippen LogP) is 5.41. The van der Waals surface area contributed by atoms with Crippen molar-refractivity contribution in [3.63, 3.8) is 0 Å². The van der Waals surface area contributed by atoms with Crippen molar-refractivity contribution in [2.24, 2.45) is 7.05 Å². The first-order valence-corrected chi connectivity index (χ1v) is 11.0. The maximum Gasteiger partial charge on any atom is 0.296 e. The van der Waals surface area contributed by atoms with E-state index >= 15 is 0 Å². The van der Waals surface area contributed by atoms with Gasteiger partial charge >= 0.3 is 0 Å². The van der Waals surface area contributed by atoms with Crippen molar-refractivity contribution in [2.45, 2.75) is 34.6 Å². The second kappa shape index (κ2) is 8.54. The maximum absolute atomic E-state index is 13.2. The minimum absolute atomic E-state index is 0.103. The summed E-state index contributed by atoms with van der Waals surface area (Å²) in [6.07, 6.45) is 0. The average molecular weight is 442 g/mol. The lowest BCUT2D eigenvalue weighted by molar-refractivity contribution is 0.630. The molecule has 1 heterocycles. The molecule has 6 nitrogen and oxygen atoms in total. The Kier molecular flexibility index (Phi) is 5.77. The van der Waals surface area contributed by atoms with Gasteiger partial charge in [-0.2, -0.15) is 0 Å². The van der Waals surface area contributed by atoms with E-state index in [1.165, 1.54) is 0 Å². The standard InChI is InChI=1S/C27H31N5O/c1-16-12-21(13-17(2)24(16)28)22-14-18(3)25(19(4)15-22)29-30-26-20(5)31(6)32(27(26)33)23-10-8-7-9-11-23/h7-15,29-30H,28H2,1-6H3. The monoisotopic (exact) mass is 441 g/mol. The molecule has 1 aromatic heterocycles. The summed E-state index contributed by atoms with van der Waals surface area (Å²) in [4.78, 5) is 13.2. The predicted molar refractivity (Wildman–Crippen MR) is 138 cm³/mol. The van der Waals surface area contributed by atoms with E-state index < -0.39 is 0 Å². The van der Waals surface area contributed by atoms with Gasteiger partial charge in [-0.15, -0.1) is 0 Å². The Morgan fingerprint density at radius 2 is 1.21 bits per heavy atom. The van der Waals surface area contributed by atoms with Gasteiger partial charge in [0.25, 0.3) is 5.56 Å². The van der Waals surface area contributed by atoms with E-state index in [1.54, 1.807) is 4.68 Å².